The molecule has 0 amide bonds. The summed E-state index contributed by atoms with van der Waals surface area (Å²) in [5, 5.41) is 11.3. The van der Waals surface area contributed by atoms with E-state index in [1.807, 2.05) is 6.07 Å². The van der Waals surface area contributed by atoms with E-state index in [1.165, 1.54) is 21.5 Å². The van der Waals surface area contributed by atoms with Crippen molar-refractivity contribution in [2.75, 3.05) is 0 Å². The molecule has 11 aromatic rings. The molecule has 0 bridgehead atoms. The van der Waals surface area contributed by atoms with Crippen molar-refractivity contribution in [1.82, 2.24) is 15.0 Å². The zero-order valence-electron chi connectivity index (χ0n) is 28.5. The maximum atomic E-state index is 6.90. The summed E-state index contributed by atoms with van der Waals surface area (Å²) in [6.07, 6.45) is 0. The minimum absolute atomic E-state index is 0.595. The molecule has 53 heavy (non-hydrogen) atoms. The van der Waals surface area contributed by atoms with Gasteiger partial charge in [-0.2, -0.15) is 0 Å². The van der Waals surface area contributed by atoms with E-state index < -0.39 is 0 Å². The van der Waals surface area contributed by atoms with Crippen LogP contribution in [0, 0.1) is 0 Å². The Balaban J connectivity index is 1.19. The number of furan rings is 1. The molecule has 4 heteroatoms. The fourth-order valence-corrected chi connectivity index (χ4v) is 7.87. The standard InChI is InChI=1S/C49H29N3O/c1-2-11-31(12-3-1)41-26-27-43(44-42-25-22-33-14-7-9-17-40(33)45(42)53-46(41)44)49-51-47(36-21-18-30-10-4-5-15-34(30)28-36)50-48(52-49)37-23-24-39-35(29-37)20-19-32-13-6-8-16-38(32)39/h1-29H. The maximum Gasteiger partial charge on any atom is 0.164 e. The van der Waals surface area contributed by atoms with E-state index in [0.29, 0.717) is 17.5 Å². The van der Waals surface area contributed by atoms with Gasteiger partial charge in [0.25, 0.3) is 0 Å². The highest BCUT2D eigenvalue weighted by molar-refractivity contribution is 6.21. The largest absolute Gasteiger partial charge is 0.455 e. The van der Waals surface area contributed by atoms with Crippen LogP contribution in [-0.4, -0.2) is 15.0 Å². The molecule has 0 unspecified atom stereocenters. The average Bonchev–Trinajstić information content (AvgIpc) is 3.63. The lowest BCUT2D eigenvalue weighted by Crippen LogP contribution is -2.01. The highest BCUT2D eigenvalue weighted by Crippen LogP contribution is 2.43. The molecule has 4 nitrogen and oxygen atoms in total. The van der Waals surface area contributed by atoms with E-state index in [0.717, 1.165) is 71.3 Å². The van der Waals surface area contributed by atoms with E-state index in [9.17, 15) is 0 Å². The minimum atomic E-state index is 0.595. The molecule has 0 aliphatic carbocycles. The van der Waals surface area contributed by atoms with Crippen molar-refractivity contribution in [2.24, 2.45) is 0 Å². The summed E-state index contributed by atoms with van der Waals surface area (Å²) in [6.45, 7) is 0. The molecule has 0 spiro atoms. The van der Waals surface area contributed by atoms with Gasteiger partial charge in [0.15, 0.2) is 17.5 Å². The molecule has 2 aromatic heterocycles. The lowest BCUT2D eigenvalue weighted by molar-refractivity contribution is 0.674. The van der Waals surface area contributed by atoms with Crippen molar-refractivity contribution in [2.45, 2.75) is 0 Å². The molecule has 2 heterocycles. The van der Waals surface area contributed by atoms with Crippen molar-refractivity contribution in [1.29, 1.82) is 0 Å². The fraction of sp³-hybridized carbons (Fsp3) is 0. The normalized spacial score (nSPS) is 11.8. The van der Waals surface area contributed by atoms with Crippen LogP contribution in [0.3, 0.4) is 0 Å². The van der Waals surface area contributed by atoms with Crippen LogP contribution in [0.1, 0.15) is 0 Å². The van der Waals surface area contributed by atoms with Crippen molar-refractivity contribution < 1.29 is 4.42 Å². The second-order valence-electron chi connectivity index (χ2n) is 13.6. The third-order valence-corrected chi connectivity index (χ3v) is 10.5. The number of aromatic nitrogens is 3. The minimum Gasteiger partial charge on any atom is -0.455 e. The number of hydrogen-bond acceptors (Lipinski definition) is 4. The molecule has 0 aliphatic rings. The third kappa shape index (κ3) is 4.80. The number of hydrogen-bond donors (Lipinski definition) is 0. The van der Waals surface area contributed by atoms with Crippen LogP contribution in [0.5, 0.6) is 0 Å². The zero-order chi connectivity index (χ0) is 34.9. The topological polar surface area (TPSA) is 51.8 Å². The van der Waals surface area contributed by atoms with Gasteiger partial charge < -0.3 is 4.42 Å². The van der Waals surface area contributed by atoms with Gasteiger partial charge in [0.05, 0.1) is 0 Å². The molecule has 0 saturated carbocycles. The molecule has 0 radical (unpaired) electrons. The van der Waals surface area contributed by atoms with Crippen LogP contribution in [-0.2, 0) is 0 Å². The molecular weight excluding hydrogens is 647 g/mol. The summed E-state index contributed by atoms with van der Waals surface area (Å²) in [6, 6.07) is 61.6. The third-order valence-electron chi connectivity index (χ3n) is 10.5. The maximum absolute atomic E-state index is 6.90. The van der Waals surface area contributed by atoms with Gasteiger partial charge in [-0.3, -0.25) is 0 Å². The van der Waals surface area contributed by atoms with Crippen molar-refractivity contribution in [3.63, 3.8) is 0 Å². The van der Waals surface area contributed by atoms with Gasteiger partial charge in [-0.15, -0.1) is 0 Å². The Morgan fingerprint density at radius 1 is 0.302 bits per heavy atom. The molecule has 11 rings (SSSR count). The highest BCUT2D eigenvalue weighted by Gasteiger charge is 2.22. The van der Waals surface area contributed by atoms with Crippen LogP contribution < -0.4 is 0 Å². The van der Waals surface area contributed by atoms with E-state index in [1.54, 1.807) is 0 Å². The molecule has 0 fully saturated rings. The monoisotopic (exact) mass is 675 g/mol. The van der Waals surface area contributed by atoms with Gasteiger partial charge in [0.2, 0.25) is 0 Å². The Hall–Kier alpha value is -7.17. The lowest BCUT2D eigenvalue weighted by Gasteiger charge is -2.12. The smallest absolute Gasteiger partial charge is 0.164 e. The van der Waals surface area contributed by atoms with E-state index >= 15 is 0 Å². The second kappa shape index (κ2) is 11.7. The van der Waals surface area contributed by atoms with Crippen molar-refractivity contribution in [3.8, 4) is 45.3 Å². The molecule has 0 aliphatic heterocycles. The van der Waals surface area contributed by atoms with Gasteiger partial charge in [-0.25, -0.2) is 15.0 Å². The van der Waals surface area contributed by atoms with Crippen LogP contribution in [0.15, 0.2) is 180 Å². The first kappa shape index (κ1) is 29.5. The highest BCUT2D eigenvalue weighted by atomic mass is 16.3. The van der Waals surface area contributed by atoms with E-state index in [-0.39, 0.29) is 0 Å². The van der Waals surface area contributed by atoms with Gasteiger partial charge in [0, 0.05) is 38.4 Å². The first-order chi connectivity index (χ1) is 26.2. The Morgan fingerprint density at radius 3 is 1.64 bits per heavy atom. The first-order valence-electron chi connectivity index (χ1n) is 17.9. The molecule has 9 aromatic carbocycles. The molecule has 0 saturated heterocycles. The molecule has 246 valence electrons. The Morgan fingerprint density at radius 2 is 0.830 bits per heavy atom. The first-order valence-corrected chi connectivity index (χ1v) is 17.9. The van der Waals surface area contributed by atoms with Gasteiger partial charge >= 0.3 is 0 Å². The summed E-state index contributed by atoms with van der Waals surface area (Å²) in [7, 11) is 0. The number of fused-ring (bicyclic) bond motifs is 9. The summed E-state index contributed by atoms with van der Waals surface area (Å²) in [5.41, 5.74) is 6.53. The number of benzene rings is 9. The predicted octanol–water partition coefficient (Wildman–Crippen LogP) is 13.1. The van der Waals surface area contributed by atoms with E-state index in [4.69, 9.17) is 19.4 Å². The molecule has 0 N–H and O–H groups in total. The number of nitrogens with zero attached hydrogens (tertiary/aromatic N) is 3. The summed E-state index contributed by atoms with van der Waals surface area (Å²) in [5.74, 6) is 1.83. The Labute approximate surface area is 304 Å². The van der Waals surface area contributed by atoms with Crippen molar-refractivity contribution >= 4 is 65.0 Å². The van der Waals surface area contributed by atoms with Crippen molar-refractivity contribution in [3.05, 3.63) is 176 Å². The van der Waals surface area contributed by atoms with Gasteiger partial charge in [0.1, 0.15) is 11.2 Å². The van der Waals surface area contributed by atoms with E-state index in [2.05, 4.69) is 170 Å². The zero-order valence-corrected chi connectivity index (χ0v) is 28.5. The van der Waals surface area contributed by atoms with Gasteiger partial charge in [-0.05, 0) is 73.6 Å². The predicted molar refractivity (Wildman–Crippen MR) is 219 cm³/mol. The molecule has 0 atom stereocenters. The summed E-state index contributed by atoms with van der Waals surface area (Å²) >= 11 is 0. The van der Waals surface area contributed by atoms with Crippen LogP contribution in [0.4, 0.5) is 0 Å². The Kier molecular flexibility index (Phi) is 6.52. The second-order valence-corrected chi connectivity index (χ2v) is 13.6. The fourth-order valence-electron chi connectivity index (χ4n) is 7.87. The summed E-state index contributed by atoms with van der Waals surface area (Å²) < 4.78 is 6.90. The van der Waals surface area contributed by atoms with Crippen LogP contribution >= 0.6 is 0 Å². The lowest BCUT2D eigenvalue weighted by atomic mass is 9.97. The SMILES string of the molecule is c1ccc(-c2ccc(-c3nc(-c4ccc5ccccc5c4)nc(-c4ccc5c(ccc6ccccc65)c4)n3)c3c2oc2c4ccccc4ccc23)cc1. The summed E-state index contributed by atoms with van der Waals surface area (Å²) in [4.78, 5) is 15.7. The Bertz CT molecular complexity index is 3240. The van der Waals surface area contributed by atoms with Gasteiger partial charge in [-0.1, -0.05) is 146 Å². The molecular formula is C49H29N3O. The van der Waals surface area contributed by atoms with Crippen LogP contribution in [0.25, 0.3) is 110 Å². The average molecular weight is 676 g/mol. The quantitative estimate of drug-likeness (QED) is 0.174. The van der Waals surface area contributed by atoms with Crippen LogP contribution in [0.2, 0.25) is 0 Å². The number of rotatable bonds is 4.